The number of carboxylic acid groups (broad SMARTS) is 1. The van der Waals surface area contributed by atoms with Gasteiger partial charge in [-0.05, 0) is 6.92 Å². The van der Waals surface area contributed by atoms with Gasteiger partial charge >= 0.3 is 5.97 Å². The summed E-state index contributed by atoms with van der Waals surface area (Å²) in [6.07, 6.45) is -0.426. The van der Waals surface area contributed by atoms with Gasteiger partial charge in [0.1, 0.15) is 0 Å². The number of carbonyl (C=O) groups is 1. The van der Waals surface area contributed by atoms with E-state index >= 15 is 0 Å². The van der Waals surface area contributed by atoms with E-state index in [9.17, 15) is 13.2 Å². The van der Waals surface area contributed by atoms with E-state index in [1.807, 2.05) is 0 Å². The molecule has 0 amide bonds. The molecule has 6 nitrogen and oxygen atoms in total. The van der Waals surface area contributed by atoms with Crippen molar-refractivity contribution in [3.63, 3.8) is 0 Å². The summed E-state index contributed by atoms with van der Waals surface area (Å²) in [4.78, 5) is 10.2. The smallest absolute Gasteiger partial charge is 0.304 e. The normalized spacial score (nSPS) is 14.3. The molecule has 0 fully saturated rings. The van der Waals surface area contributed by atoms with Gasteiger partial charge in [0, 0.05) is 13.1 Å². The third-order valence-corrected chi connectivity index (χ3v) is 3.86. The van der Waals surface area contributed by atoms with Crippen molar-refractivity contribution in [2.24, 2.45) is 0 Å². The number of carboxylic acids is 1. The van der Waals surface area contributed by atoms with E-state index in [4.69, 9.17) is 10.2 Å². The number of aliphatic carboxylic acids is 1. The van der Waals surface area contributed by atoms with Crippen molar-refractivity contribution in [2.75, 3.05) is 19.4 Å². The molecule has 0 aliphatic rings. The first-order valence-electron chi connectivity index (χ1n) is 4.09. The summed E-state index contributed by atoms with van der Waals surface area (Å²) in [5.74, 6) is -1.60. The van der Waals surface area contributed by atoms with Gasteiger partial charge < -0.3 is 10.2 Å². The predicted molar refractivity (Wildman–Crippen MR) is 50.4 cm³/mol. The van der Waals surface area contributed by atoms with Crippen molar-refractivity contribution in [1.82, 2.24) is 4.31 Å². The molecule has 0 aromatic rings. The average Bonchev–Trinajstić information content (AvgIpc) is 2.12. The van der Waals surface area contributed by atoms with E-state index in [1.165, 1.54) is 14.0 Å². The van der Waals surface area contributed by atoms with Gasteiger partial charge in [0.15, 0.2) is 0 Å². The van der Waals surface area contributed by atoms with Crippen LogP contribution in [0.5, 0.6) is 0 Å². The van der Waals surface area contributed by atoms with Crippen molar-refractivity contribution >= 4 is 16.0 Å². The lowest BCUT2D eigenvalue weighted by Gasteiger charge is -2.21. The topological polar surface area (TPSA) is 94.9 Å². The van der Waals surface area contributed by atoms with Gasteiger partial charge in [-0.25, -0.2) is 8.42 Å². The van der Waals surface area contributed by atoms with Gasteiger partial charge in [-0.3, -0.25) is 4.79 Å². The zero-order valence-corrected chi connectivity index (χ0v) is 8.99. The molecule has 2 N–H and O–H groups in total. The molecule has 0 heterocycles. The lowest BCUT2D eigenvalue weighted by atomic mass is 10.4. The van der Waals surface area contributed by atoms with E-state index in [1.54, 1.807) is 0 Å². The molecule has 1 unspecified atom stereocenters. The Hall–Kier alpha value is -0.660. The fourth-order valence-electron chi connectivity index (χ4n) is 0.749. The molecule has 0 spiro atoms. The minimum Gasteiger partial charge on any atom is -0.481 e. The number of aliphatic hydroxyl groups excluding tert-OH is 1. The van der Waals surface area contributed by atoms with E-state index in [-0.39, 0.29) is 6.61 Å². The minimum absolute atomic E-state index is 0.289. The number of aliphatic hydroxyl groups is 1. The number of hydrogen-bond donors (Lipinski definition) is 2. The highest BCUT2D eigenvalue weighted by molar-refractivity contribution is 7.89. The molecule has 0 aromatic heterocycles. The van der Waals surface area contributed by atoms with Crippen molar-refractivity contribution in [2.45, 2.75) is 19.4 Å². The maximum Gasteiger partial charge on any atom is 0.304 e. The maximum atomic E-state index is 11.4. The van der Waals surface area contributed by atoms with Crippen LogP contribution >= 0.6 is 0 Å². The number of sulfonamides is 1. The fourth-order valence-corrected chi connectivity index (χ4v) is 2.08. The maximum absolute atomic E-state index is 11.4. The third kappa shape index (κ3) is 4.03. The molecule has 84 valence electrons. The molecule has 0 aliphatic carbocycles. The number of hydrogen-bond acceptors (Lipinski definition) is 4. The second-order valence-corrected chi connectivity index (χ2v) is 5.16. The van der Waals surface area contributed by atoms with Gasteiger partial charge in [0.05, 0.1) is 18.8 Å². The van der Waals surface area contributed by atoms with Crippen LogP contribution in [0.1, 0.15) is 13.3 Å². The zero-order valence-electron chi connectivity index (χ0n) is 8.17. The molecule has 0 rings (SSSR count). The van der Waals surface area contributed by atoms with E-state index in [0.29, 0.717) is 0 Å². The average molecular weight is 225 g/mol. The lowest BCUT2D eigenvalue weighted by Crippen LogP contribution is -2.39. The summed E-state index contributed by atoms with van der Waals surface area (Å²) in [6.45, 7) is 1.25. The monoisotopic (exact) mass is 225 g/mol. The Morgan fingerprint density at radius 2 is 2.00 bits per heavy atom. The quantitative estimate of drug-likeness (QED) is 0.611. The second kappa shape index (κ2) is 5.28. The van der Waals surface area contributed by atoms with Crippen LogP contribution in [-0.4, -0.2) is 54.4 Å². The summed E-state index contributed by atoms with van der Waals surface area (Å²) in [6, 6.07) is -0.534. The molecular weight excluding hydrogens is 210 g/mol. The first kappa shape index (κ1) is 13.3. The van der Waals surface area contributed by atoms with Crippen LogP contribution in [0.4, 0.5) is 0 Å². The first-order chi connectivity index (χ1) is 6.31. The number of nitrogens with zero attached hydrogens (tertiary/aromatic N) is 1. The van der Waals surface area contributed by atoms with Crippen LogP contribution in [0.15, 0.2) is 0 Å². The first-order valence-corrected chi connectivity index (χ1v) is 5.70. The molecule has 7 heteroatoms. The molecule has 1 atom stereocenters. The Bertz CT molecular complexity index is 286. The summed E-state index contributed by atoms with van der Waals surface area (Å²) in [5.41, 5.74) is 0. The summed E-state index contributed by atoms with van der Waals surface area (Å²) in [5, 5.41) is 17.0. The Kier molecular flexibility index (Phi) is 5.03. The van der Waals surface area contributed by atoms with E-state index < -0.39 is 34.2 Å². The second-order valence-electron chi connectivity index (χ2n) is 3.01. The molecule has 14 heavy (non-hydrogen) atoms. The van der Waals surface area contributed by atoms with Crippen molar-refractivity contribution in [1.29, 1.82) is 0 Å². The van der Waals surface area contributed by atoms with Gasteiger partial charge in [0.2, 0.25) is 10.0 Å². The number of rotatable bonds is 6. The molecule has 0 aromatic carbocycles. The lowest BCUT2D eigenvalue weighted by molar-refractivity contribution is -0.136. The Morgan fingerprint density at radius 1 is 1.50 bits per heavy atom. The van der Waals surface area contributed by atoms with Crippen LogP contribution < -0.4 is 0 Å². The third-order valence-electron chi connectivity index (χ3n) is 1.90. The summed E-state index contributed by atoms with van der Waals surface area (Å²) >= 11 is 0. The highest BCUT2D eigenvalue weighted by atomic mass is 32.2. The van der Waals surface area contributed by atoms with Gasteiger partial charge in [-0.2, -0.15) is 4.31 Å². The molecular formula is C7H15NO5S. The van der Waals surface area contributed by atoms with Crippen molar-refractivity contribution in [3.05, 3.63) is 0 Å². The highest BCUT2D eigenvalue weighted by Crippen LogP contribution is 2.05. The standard InChI is InChI=1S/C7H15NO5S/c1-6(5-9)8(2)14(12,13)4-3-7(10)11/h6,9H,3-5H2,1-2H3,(H,10,11). The Balaban J connectivity index is 4.39. The Morgan fingerprint density at radius 3 is 2.36 bits per heavy atom. The Labute approximate surface area is 83.2 Å². The molecule has 0 radical (unpaired) electrons. The van der Waals surface area contributed by atoms with Crippen LogP contribution in [-0.2, 0) is 14.8 Å². The van der Waals surface area contributed by atoms with E-state index in [0.717, 1.165) is 4.31 Å². The van der Waals surface area contributed by atoms with Gasteiger partial charge in [0.25, 0.3) is 0 Å². The molecule has 0 aliphatic heterocycles. The molecule has 0 bridgehead atoms. The fraction of sp³-hybridized carbons (Fsp3) is 0.857. The summed E-state index contributed by atoms with van der Waals surface area (Å²) < 4.78 is 23.8. The van der Waals surface area contributed by atoms with Crippen molar-refractivity contribution in [3.8, 4) is 0 Å². The molecule has 0 saturated carbocycles. The van der Waals surface area contributed by atoms with Crippen LogP contribution in [0, 0.1) is 0 Å². The summed E-state index contributed by atoms with van der Waals surface area (Å²) in [7, 11) is -2.26. The zero-order chi connectivity index (χ0) is 11.4. The van der Waals surface area contributed by atoms with Crippen molar-refractivity contribution < 1.29 is 23.4 Å². The number of likely N-dealkylation sites (N-methyl/N-ethyl adjacent to an activating group) is 1. The predicted octanol–water partition coefficient (Wildman–Crippen LogP) is -0.896. The highest BCUT2D eigenvalue weighted by Gasteiger charge is 2.23. The SMILES string of the molecule is CC(CO)N(C)S(=O)(=O)CCC(=O)O. The minimum atomic E-state index is -3.57. The van der Waals surface area contributed by atoms with Crippen LogP contribution in [0.25, 0.3) is 0 Å². The van der Waals surface area contributed by atoms with Gasteiger partial charge in [-0.1, -0.05) is 0 Å². The van der Waals surface area contributed by atoms with Crippen LogP contribution in [0.2, 0.25) is 0 Å². The van der Waals surface area contributed by atoms with Crippen LogP contribution in [0.3, 0.4) is 0 Å². The van der Waals surface area contributed by atoms with E-state index in [2.05, 4.69) is 0 Å². The van der Waals surface area contributed by atoms with Gasteiger partial charge in [-0.15, -0.1) is 0 Å². The molecule has 0 saturated heterocycles. The largest absolute Gasteiger partial charge is 0.481 e.